The molecule has 0 atom stereocenters. The highest BCUT2D eigenvalue weighted by Crippen LogP contribution is 2.48. The van der Waals surface area contributed by atoms with E-state index in [1.165, 1.54) is 24.3 Å². The number of hydrogen-bond donors (Lipinski definition) is 1. The summed E-state index contributed by atoms with van der Waals surface area (Å²) in [5.41, 5.74) is -0.0833. The summed E-state index contributed by atoms with van der Waals surface area (Å²) in [7, 11) is 0. The molecule has 1 saturated heterocycles. The number of hydrogen-bond acceptors (Lipinski definition) is 3. The molecule has 146 valence electrons. The second-order valence-corrected chi connectivity index (χ2v) is 7.27. The highest BCUT2D eigenvalue weighted by molar-refractivity contribution is 6.13. The number of piperazine rings is 1. The summed E-state index contributed by atoms with van der Waals surface area (Å²) >= 11 is 0. The van der Waals surface area contributed by atoms with Crippen LogP contribution in [0.25, 0.3) is 0 Å². The maximum absolute atomic E-state index is 13.8. The van der Waals surface area contributed by atoms with E-state index < -0.39 is 17.1 Å². The summed E-state index contributed by atoms with van der Waals surface area (Å²) < 4.78 is 26.9. The zero-order valence-electron chi connectivity index (χ0n) is 15.3. The predicted molar refractivity (Wildman–Crippen MR) is 102 cm³/mol. The first kappa shape index (κ1) is 18.4. The quantitative estimate of drug-likeness (QED) is 0.824. The summed E-state index contributed by atoms with van der Waals surface area (Å²) in [6.07, 6.45) is 0.953. The molecule has 5 nitrogen and oxygen atoms in total. The number of halogens is 2. The molecule has 1 aliphatic heterocycles. The third-order valence-electron chi connectivity index (χ3n) is 5.47. The minimum absolute atomic E-state index is 0.0905. The molecule has 4 rings (SSSR count). The lowest BCUT2D eigenvalue weighted by Crippen LogP contribution is -2.52. The molecular weight excluding hydrogens is 364 g/mol. The summed E-state index contributed by atoms with van der Waals surface area (Å²) in [4.78, 5) is 29.5. The zero-order chi connectivity index (χ0) is 19.7. The Morgan fingerprint density at radius 2 is 1.54 bits per heavy atom. The van der Waals surface area contributed by atoms with Gasteiger partial charge in [0.25, 0.3) is 0 Å². The Kier molecular flexibility index (Phi) is 4.75. The Bertz CT molecular complexity index is 889. The standard InChI is InChI=1S/C21H21F2N3O2/c22-15-5-7-16(8-6-15)25-11-13-26(14-12-25)20(28)21(9-10-21)19(27)24-18-4-2-1-3-17(18)23/h1-8H,9-14H2,(H,24,27). The first-order chi connectivity index (χ1) is 13.5. The van der Waals surface area contributed by atoms with E-state index in [2.05, 4.69) is 10.2 Å². The van der Waals surface area contributed by atoms with Crippen LogP contribution >= 0.6 is 0 Å². The van der Waals surface area contributed by atoms with Crippen LogP contribution in [0, 0.1) is 17.0 Å². The molecule has 2 aromatic rings. The van der Waals surface area contributed by atoms with Gasteiger partial charge in [-0.15, -0.1) is 0 Å². The SMILES string of the molecule is O=C(Nc1ccccc1F)C1(C(=O)N2CCN(c3ccc(F)cc3)CC2)CC1. The van der Waals surface area contributed by atoms with Gasteiger partial charge >= 0.3 is 0 Å². The van der Waals surface area contributed by atoms with E-state index >= 15 is 0 Å². The van der Waals surface area contributed by atoms with Crippen LogP contribution in [0.2, 0.25) is 0 Å². The molecule has 0 radical (unpaired) electrons. The second kappa shape index (κ2) is 7.22. The van der Waals surface area contributed by atoms with E-state index in [0.717, 1.165) is 5.69 Å². The minimum Gasteiger partial charge on any atom is -0.368 e. The van der Waals surface area contributed by atoms with E-state index in [4.69, 9.17) is 0 Å². The number of anilines is 2. The van der Waals surface area contributed by atoms with E-state index in [1.54, 1.807) is 29.2 Å². The number of nitrogens with one attached hydrogen (secondary N) is 1. The van der Waals surface area contributed by atoms with Gasteiger partial charge in [0.1, 0.15) is 17.0 Å². The average molecular weight is 385 g/mol. The van der Waals surface area contributed by atoms with Crippen molar-refractivity contribution in [2.24, 2.45) is 5.41 Å². The molecular formula is C21H21F2N3O2. The Morgan fingerprint density at radius 1 is 0.893 bits per heavy atom. The van der Waals surface area contributed by atoms with Crippen LogP contribution in [0.5, 0.6) is 0 Å². The molecule has 0 aromatic heterocycles. The lowest BCUT2D eigenvalue weighted by atomic mass is 10.0. The lowest BCUT2D eigenvalue weighted by molar-refractivity contribution is -0.142. The lowest BCUT2D eigenvalue weighted by Gasteiger charge is -2.37. The van der Waals surface area contributed by atoms with Crippen LogP contribution in [0.4, 0.5) is 20.2 Å². The molecule has 2 amide bonds. The van der Waals surface area contributed by atoms with Crippen molar-refractivity contribution in [1.29, 1.82) is 0 Å². The Morgan fingerprint density at radius 3 is 2.14 bits per heavy atom. The molecule has 0 spiro atoms. The molecule has 1 saturated carbocycles. The van der Waals surface area contributed by atoms with E-state index in [9.17, 15) is 18.4 Å². The van der Waals surface area contributed by atoms with Gasteiger partial charge in [0.2, 0.25) is 11.8 Å². The van der Waals surface area contributed by atoms with E-state index in [-0.39, 0.29) is 17.4 Å². The van der Waals surface area contributed by atoms with E-state index in [1.807, 2.05) is 0 Å². The Hall–Kier alpha value is -2.96. The molecule has 2 fully saturated rings. The molecule has 2 aromatic carbocycles. The maximum Gasteiger partial charge on any atom is 0.240 e. The summed E-state index contributed by atoms with van der Waals surface area (Å²) in [5.74, 6) is -1.44. The fourth-order valence-electron chi connectivity index (χ4n) is 3.59. The highest BCUT2D eigenvalue weighted by Gasteiger charge is 2.58. The van der Waals surface area contributed by atoms with Gasteiger partial charge in [-0.05, 0) is 49.2 Å². The van der Waals surface area contributed by atoms with Crippen molar-refractivity contribution in [1.82, 2.24) is 4.90 Å². The molecule has 1 aliphatic carbocycles. The zero-order valence-corrected chi connectivity index (χ0v) is 15.3. The van der Waals surface area contributed by atoms with Crippen molar-refractivity contribution >= 4 is 23.2 Å². The largest absolute Gasteiger partial charge is 0.368 e. The van der Waals surface area contributed by atoms with Crippen molar-refractivity contribution in [3.63, 3.8) is 0 Å². The molecule has 0 bridgehead atoms. The van der Waals surface area contributed by atoms with Crippen molar-refractivity contribution in [3.05, 3.63) is 60.2 Å². The van der Waals surface area contributed by atoms with Gasteiger partial charge in [-0.3, -0.25) is 9.59 Å². The second-order valence-electron chi connectivity index (χ2n) is 7.27. The predicted octanol–water partition coefficient (Wildman–Crippen LogP) is 3.03. The highest BCUT2D eigenvalue weighted by atomic mass is 19.1. The number of benzene rings is 2. The van der Waals surface area contributed by atoms with Gasteiger partial charge in [0.15, 0.2) is 0 Å². The normalized spacial score (nSPS) is 17.9. The van der Waals surface area contributed by atoms with Crippen LogP contribution in [-0.4, -0.2) is 42.9 Å². The number of rotatable bonds is 4. The van der Waals surface area contributed by atoms with Crippen molar-refractivity contribution in [2.75, 3.05) is 36.4 Å². The van der Waals surface area contributed by atoms with E-state index in [0.29, 0.717) is 39.0 Å². The summed E-state index contributed by atoms with van der Waals surface area (Å²) in [5, 5.41) is 2.57. The Balaban J connectivity index is 1.39. The van der Waals surface area contributed by atoms with Gasteiger partial charge in [0, 0.05) is 31.9 Å². The van der Waals surface area contributed by atoms with Crippen molar-refractivity contribution in [3.8, 4) is 0 Å². The van der Waals surface area contributed by atoms with Gasteiger partial charge in [0.05, 0.1) is 5.69 Å². The minimum atomic E-state index is -1.08. The number of nitrogens with zero attached hydrogens (tertiary/aromatic N) is 2. The molecule has 1 heterocycles. The molecule has 7 heteroatoms. The van der Waals surface area contributed by atoms with Gasteiger partial charge < -0.3 is 15.1 Å². The first-order valence-corrected chi connectivity index (χ1v) is 9.35. The number of carbonyl (C=O) groups excluding carboxylic acids is 2. The topological polar surface area (TPSA) is 52.7 Å². The fraction of sp³-hybridized carbons (Fsp3) is 0.333. The van der Waals surface area contributed by atoms with Crippen LogP contribution in [-0.2, 0) is 9.59 Å². The summed E-state index contributed by atoms with van der Waals surface area (Å²) in [6, 6.07) is 12.2. The molecule has 28 heavy (non-hydrogen) atoms. The monoisotopic (exact) mass is 385 g/mol. The maximum atomic E-state index is 13.8. The molecule has 1 N–H and O–H groups in total. The third kappa shape index (κ3) is 3.44. The van der Waals surface area contributed by atoms with Crippen molar-refractivity contribution < 1.29 is 18.4 Å². The van der Waals surface area contributed by atoms with Crippen LogP contribution < -0.4 is 10.2 Å². The molecule has 0 unspecified atom stereocenters. The third-order valence-corrected chi connectivity index (χ3v) is 5.47. The van der Waals surface area contributed by atoms with Crippen LogP contribution in [0.15, 0.2) is 48.5 Å². The van der Waals surface area contributed by atoms with Crippen molar-refractivity contribution in [2.45, 2.75) is 12.8 Å². The van der Waals surface area contributed by atoms with Gasteiger partial charge in [-0.25, -0.2) is 8.78 Å². The van der Waals surface area contributed by atoms with Gasteiger partial charge in [-0.2, -0.15) is 0 Å². The Labute approximate surface area is 161 Å². The molecule has 2 aliphatic rings. The fourth-order valence-corrected chi connectivity index (χ4v) is 3.59. The first-order valence-electron chi connectivity index (χ1n) is 9.35. The number of carbonyl (C=O) groups is 2. The number of amides is 2. The van der Waals surface area contributed by atoms with Gasteiger partial charge in [-0.1, -0.05) is 12.1 Å². The summed E-state index contributed by atoms with van der Waals surface area (Å²) in [6.45, 7) is 2.21. The van der Waals surface area contributed by atoms with Crippen LogP contribution in [0.3, 0.4) is 0 Å². The van der Waals surface area contributed by atoms with Crippen LogP contribution in [0.1, 0.15) is 12.8 Å². The number of para-hydroxylation sites is 1. The average Bonchev–Trinajstić information content (AvgIpc) is 3.52. The smallest absolute Gasteiger partial charge is 0.240 e.